The maximum Gasteiger partial charge on any atom is 0.257 e. The van der Waals surface area contributed by atoms with Gasteiger partial charge in [0.2, 0.25) is 5.91 Å². The van der Waals surface area contributed by atoms with Crippen molar-refractivity contribution in [3.8, 4) is 16.3 Å². The fourth-order valence-electron chi connectivity index (χ4n) is 3.08. The predicted octanol–water partition coefficient (Wildman–Crippen LogP) is 5.07. The summed E-state index contributed by atoms with van der Waals surface area (Å²) in [6, 6.07) is 20.8. The standard InChI is InChI=1S/C23H19BrN4O2S/c1-27(15-21(29)25-19-11-6-5-10-18(19)24)23(30)17-14-28(16-8-3-2-4-9-16)26-22(17)20-12-7-13-31-20/h2-14H,15H2,1H3,(H,25,29). The summed E-state index contributed by atoms with van der Waals surface area (Å²) in [6.45, 7) is -0.0828. The van der Waals surface area contributed by atoms with Crippen LogP contribution in [0.3, 0.4) is 0 Å². The summed E-state index contributed by atoms with van der Waals surface area (Å²) in [7, 11) is 1.61. The fraction of sp³-hybridized carbons (Fsp3) is 0.0870. The first kappa shape index (κ1) is 21.0. The Bertz CT molecular complexity index is 1210. The molecule has 2 aromatic heterocycles. The molecular weight excluding hydrogens is 476 g/mol. The molecule has 6 nitrogen and oxygen atoms in total. The number of hydrogen-bond donors (Lipinski definition) is 1. The van der Waals surface area contributed by atoms with Gasteiger partial charge < -0.3 is 10.2 Å². The van der Waals surface area contributed by atoms with Gasteiger partial charge in [0.1, 0.15) is 5.69 Å². The lowest BCUT2D eigenvalue weighted by molar-refractivity contribution is -0.116. The van der Waals surface area contributed by atoms with Crippen molar-refractivity contribution in [3.63, 3.8) is 0 Å². The van der Waals surface area contributed by atoms with E-state index in [2.05, 4.69) is 26.3 Å². The van der Waals surface area contributed by atoms with Gasteiger partial charge in [0.15, 0.2) is 0 Å². The molecule has 0 saturated carbocycles. The smallest absolute Gasteiger partial charge is 0.257 e. The van der Waals surface area contributed by atoms with E-state index in [0.29, 0.717) is 16.9 Å². The zero-order valence-corrected chi connectivity index (χ0v) is 19.1. The van der Waals surface area contributed by atoms with E-state index in [4.69, 9.17) is 0 Å². The van der Waals surface area contributed by atoms with E-state index in [0.717, 1.165) is 15.0 Å². The summed E-state index contributed by atoms with van der Waals surface area (Å²) in [5, 5.41) is 9.42. The molecule has 1 N–H and O–H groups in total. The minimum atomic E-state index is -0.282. The molecule has 0 radical (unpaired) electrons. The maximum atomic E-state index is 13.2. The van der Waals surface area contributed by atoms with Gasteiger partial charge in [-0.05, 0) is 51.6 Å². The van der Waals surface area contributed by atoms with Gasteiger partial charge in [-0.2, -0.15) is 5.10 Å². The highest BCUT2D eigenvalue weighted by Gasteiger charge is 2.23. The summed E-state index contributed by atoms with van der Waals surface area (Å²) in [5.41, 5.74) is 2.56. The van der Waals surface area contributed by atoms with Crippen molar-refractivity contribution < 1.29 is 9.59 Å². The summed E-state index contributed by atoms with van der Waals surface area (Å²) < 4.78 is 2.47. The Hall–Kier alpha value is -3.23. The molecule has 2 heterocycles. The summed E-state index contributed by atoms with van der Waals surface area (Å²) in [6.07, 6.45) is 1.72. The third-order valence-electron chi connectivity index (χ3n) is 4.60. The van der Waals surface area contributed by atoms with E-state index < -0.39 is 0 Å². The van der Waals surface area contributed by atoms with Gasteiger partial charge in [0, 0.05) is 17.7 Å². The third kappa shape index (κ3) is 4.76. The monoisotopic (exact) mass is 494 g/mol. The van der Waals surface area contributed by atoms with E-state index in [1.807, 2.05) is 66.0 Å². The van der Waals surface area contributed by atoms with Crippen molar-refractivity contribution in [1.29, 1.82) is 0 Å². The van der Waals surface area contributed by atoms with Crippen molar-refractivity contribution in [2.75, 3.05) is 18.9 Å². The Labute approximate surface area is 192 Å². The SMILES string of the molecule is CN(CC(=O)Nc1ccccc1Br)C(=O)c1cn(-c2ccccc2)nc1-c1cccs1. The van der Waals surface area contributed by atoms with E-state index in [1.165, 1.54) is 16.2 Å². The van der Waals surface area contributed by atoms with Crippen LogP contribution in [-0.4, -0.2) is 40.1 Å². The second-order valence-corrected chi connectivity index (χ2v) is 8.64. The first-order valence-corrected chi connectivity index (χ1v) is 11.2. The van der Waals surface area contributed by atoms with Crippen LogP contribution in [-0.2, 0) is 4.79 Å². The van der Waals surface area contributed by atoms with Crippen molar-refractivity contribution >= 4 is 44.8 Å². The van der Waals surface area contributed by atoms with Gasteiger partial charge in [-0.25, -0.2) is 4.68 Å². The number of amides is 2. The molecule has 8 heteroatoms. The Balaban J connectivity index is 1.57. The van der Waals surface area contributed by atoms with Crippen molar-refractivity contribution in [1.82, 2.24) is 14.7 Å². The molecule has 0 unspecified atom stereocenters. The number of hydrogen-bond acceptors (Lipinski definition) is 4. The molecule has 4 rings (SSSR count). The molecule has 2 amide bonds. The number of aromatic nitrogens is 2. The van der Waals surface area contributed by atoms with Crippen LogP contribution in [0.4, 0.5) is 5.69 Å². The normalized spacial score (nSPS) is 10.6. The van der Waals surface area contributed by atoms with Crippen LogP contribution in [0, 0.1) is 0 Å². The number of carbonyl (C=O) groups is 2. The largest absolute Gasteiger partial charge is 0.332 e. The number of anilines is 1. The highest BCUT2D eigenvalue weighted by molar-refractivity contribution is 9.10. The number of rotatable bonds is 6. The molecule has 0 spiro atoms. The second kappa shape index (κ2) is 9.28. The van der Waals surface area contributed by atoms with E-state index >= 15 is 0 Å². The summed E-state index contributed by atoms with van der Waals surface area (Å²) in [5.74, 6) is -0.552. The van der Waals surface area contributed by atoms with E-state index in [-0.39, 0.29) is 18.4 Å². The molecule has 4 aromatic rings. The van der Waals surface area contributed by atoms with Crippen LogP contribution in [0.1, 0.15) is 10.4 Å². The van der Waals surface area contributed by atoms with Gasteiger partial charge in [0.25, 0.3) is 5.91 Å². The summed E-state index contributed by atoms with van der Waals surface area (Å²) in [4.78, 5) is 28.0. The van der Waals surface area contributed by atoms with Crippen molar-refractivity contribution in [3.05, 3.63) is 88.3 Å². The number of likely N-dealkylation sites (N-methyl/N-ethyl adjacent to an activating group) is 1. The molecule has 0 atom stereocenters. The zero-order chi connectivity index (χ0) is 21.8. The molecule has 31 heavy (non-hydrogen) atoms. The number of nitrogens with one attached hydrogen (secondary N) is 1. The molecule has 0 fully saturated rings. The molecule has 0 aliphatic heterocycles. The average molecular weight is 495 g/mol. The topological polar surface area (TPSA) is 67.2 Å². The summed E-state index contributed by atoms with van der Waals surface area (Å²) >= 11 is 4.92. The number of halogens is 1. The van der Waals surface area contributed by atoms with Crippen LogP contribution in [0.2, 0.25) is 0 Å². The lowest BCUT2D eigenvalue weighted by Crippen LogP contribution is -2.35. The van der Waals surface area contributed by atoms with E-state index in [1.54, 1.807) is 24.0 Å². The Morgan fingerprint density at radius 2 is 1.81 bits per heavy atom. The van der Waals surface area contributed by atoms with Gasteiger partial charge in [-0.3, -0.25) is 9.59 Å². The first-order chi connectivity index (χ1) is 15.0. The zero-order valence-electron chi connectivity index (χ0n) is 16.7. The van der Waals surface area contributed by atoms with Crippen LogP contribution in [0.15, 0.2) is 82.8 Å². The van der Waals surface area contributed by atoms with Crippen molar-refractivity contribution in [2.45, 2.75) is 0 Å². The predicted molar refractivity (Wildman–Crippen MR) is 127 cm³/mol. The minimum Gasteiger partial charge on any atom is -0.332 e. The number of benzene rings is 2. The second-order valence-electron chi connectivity index (χ2n) is 6.84. The van der Waals surface area contributed by atoms with Gasteiger partial charge in [-0.15, -0.1) is 11.3 Å². The number of thiophene rings is 1. The Kier molecular flexibility index (Phi) is 6.29. The molecule has 0 bridgehead atoms. The van der Waals surface area contributed by atoms with Crippen LogP contribution in [0.25, 0.3) is 16.3 Å². The molecule has 2 aromatic carbocycles. The number of para-hydroxylation sites is 2. The molecule has 0 aliphatic carbocycles. The van der Waals surface area contributed by atoms with Gasteiger partial charge in [-0.1, -0.05) is 36.4 Å². The van der Waals surface area contributed by atoms with Crippen molar-refractivity contribution in [2.24, 2.45) is 0 Å². The third-order valence-corrected chi connectivity index (χ3v) is 6.16. The lowest BCUT2D eigenvalue weighted by atomic mass is 10.2. The molecular formula is C23H19BrN4O2S. The molecule has 0 aliphatic rings. The lowest BCUT2D eigenvalue weighted by Gasteiger charge is -2.17. The Morgan fingerprint density at radius 3 is 2.52 bits per heavy atom. The highest BCUT2D eigenvalue weighted by atomic mass is 79.9. The van der Waals surface area contributed by atoms with Crippen LogP contribution in [0.5, 0.6) is 0 Å². The molecule has 156 valence electrons. The number of carbonyl (C=O) groups excluding carboxylic acids is 2. The highest BCUT2D eigenvalue weighted by Crippen LogP contribution is 2.28. The first-order valence-electron chi connectivity index (χ1n) is 9.52. The van der Waals surface area contributed by atoms with Gasteiger partial charge in [0.05, 0.1) is 28.4 Å². The number of nitrogens with zero attached hydrogens (tertiary/aromatic N) is 3. The van der Waals surface area contributed by atoms with Crippen LogP contribution >= 0.6 is 27.3 Å². The Morgan fingerprint density at radius 1 is 1.06 bits per heavy atom. The quantitative estimate of drug-likeness (QED) is 0.406. The van der Waals surface area contributed by atoms with Gasteiger partial charge >= 0.3 is 0 Å². The molecule has 0 saturated heterocycles. The average Bonchev–Trinajstić information content (AvgIpc) is 3.45. The van der Waals surface area contributed by atoms with E-state index in [9.17, 15) is 9.59 Å². The minimum absolute atomic E-state index is 0.0828. The maximum absolute atomic E-state index is 13.2. The van der Waals surface area contributed by atoms with Crippen LogP contribution < -0.4 is 5.32 Å². The fourth-order valence-corrected chi connectivity index (χ4v) is 4.19.